The summed E-state index contributed by atoms with van der Waals surface area (Å²) < 4.78 is 25.0. The number of carboxylic acids is 1. The van der Waals surface area contributed by atoms with Gasteiger partial charge in [0.1, 0.15) is 5.82 Å². The van der Waals surface area contributed by atoms with Crippen molar-refractivity contribution in [2.75, 3.05) is 12.4 Å². The van der Waals surface area contributed by atoms with Crippen molar-refractivity contribution in [3.63, 3.8) is 0 Å². The van der Waals surface area contributed by atoms with Gasteiger partial charge in [0.05, 0.1) is 12.2 Å². The Morgan fingerprint density at radius 3 is 2.80 bits per heavy atom. The van der Waals surface area contributed by atoms with Crippen molar-refractivity contribution in [1.29, 1.82) is 0 Å². The highest BCUT2D eigenvalue weighted by atomic mass is 32.2. The highest BCUT2D eigenvalue weighted by Gasteiger charge is 2.08. The number of thioether (sulfide) groups is 1. The number of aromatic carboxylic acids is 1. The lowest BCUT2D eigenvalue weighted by Crippen LogP contribution is -1.97. The average molecular weight is 232 g/mol. The van der Waals surface area contributed by atoms with Crippen LogP contribution in [0.4, 0.5) is 8.78 Å². The summed E-state index contributed by atoms with van der Waals surface area (Å²) in [5.74, 6) is -1.12. The molecule has 1 aromatic rings. The third-order valence-electron chi connectivity index (χ3n) is 1.71. The molecule has 0 aromatic heterocycles. The monoisotopic (exact) mass is 232 g/mol. The Labute approximate surface area is 90.3 Å². The quantitative estimate of drug-likeness (QED) is 0.626. The molecule has 0 saturated carbocycles. The molecule has 0 heterocycles. The van der Waals surface area contributed by atoms with Gasteiger partial charge >= 0.3 is 5.97 Å². The number of hydrogen-bond acceptors (Lipinski definition) is 2. The number of carbonyl (C=O) groups is 1. The van der Waals surface area contributed by atoms with Crippen LogP contribution >= 0.6 is 11.8 Å². The Kier molecular flexibility index (Phi) is 4.55. The summed E-state index contributed by atoms with van der Waals surface area (Å²) >= 11 is 1.12. The molecule has 2 nitrogen and oxygen atoms in total. The smallest absolute Gasteiger partial charge is 0.335 e. The van der Waals surface area contributed by atoms with E-state index < -0.39 is 18.5 Å². The maximum absolute atomic E-state index is 13.2. The van der Waals surface area contributed by atoms with Gasteiger partial charge in [-0.15, -0.1) is 11.8 Å². The van der Waals surface area contributed by atoms with Crippen LogP contribution in [-0.4, -0.2) is 23.5 Å². The second kappa shape index (κ2) is 5.70. The third-order valence-corrected chi connectivity index (χ3v) is 2.83. The maximum atomic E-state index is 13.2. The molecule has 1 rings (SSSR count). The van der Waals surface area contributed by atoms with Gasteiger partial charge in [-0.1, -0.05) is 0 Å². The number of hydrogen-bond donors (Lipinski definition) is 1. The van der Waals surface area contributed by atoms with E-state index in [1.807, 2.05) is 0 Å². The van der Waals surface area contributed by atoms with Gasteiger partial charge in [0.15, 0.2) is 0 Å². The first-order chi connectivity index (χ1) is 7.15. The molecule has 0 aliphatic heterocycles. The highest BCUT2D eigenvalue weighted by molar-refractivity contribution is 7.99. The molecule has 0 fully saturated rings. The molecule has 0 aliphatic rings. The van der Waals surface area contributed by atoms with Crippen molar-refractivity contribution in [2.45, 2.75) is 11.3 Å². The Bertz CT molecular complexity index is 355. The van der Waals surface area contributed by atoms with Gasteiger partial charge in [0, 0.05) is 10.6 Å². The van der Waals surface area contributed by atoms with Crippen LogP contribution in [0.5, 0.6) is 0 Å². The minimum absolute atomic E-state index is 0.0409. The summed E-state index contributed by atoms with van der Waals surface area (Å²) in [5, 5.41) is 8.68. The summed E-state index contributed by atoms with van der Waals surface area (Å²) in [6.07, 6.45) is 0.335. The summed E-state index contributed by atoms with van der Waals surface area (Å²) in [7, 11) is 0. The zero-order chi connectivity index (χ0) is 11.3. The molecule has 1 N–H and O–H groups in total. The molecule has 0 atom stereocenters. The van der Waals surface area contributed by atoms with Gasteiger partial charge < -0.3 is 5.11 Å². The Hall–Kier alpha value is -1.10. The van der Waals surface area contributed by atoms with E-state index in [1.54, 1.807) is 0 Å². The molecule has 0 radical (unpaired) electrons. The lowest BCUT2D eigenvalue weighted by atomic mass is 10.2. The molecule has 1 aromatic carbocycles. The van der Waals surface area contributed by atoms with Crippen LogP contribution in [0.3, 0.4) is 0 Å². The minimum atomic E-state index is -1.10. The van der Waals surface area contributed by atoms with Crippen molar-refractivity contribution in [1.82, 2.24) is 0 Å². The van der Waals surface area contributed by atoms with Crippen LogP contribution in [0.1, 0.15) is 16.8 Å². The topological polar surface area (TPSA) is 37.3 Å². The average Bonchev–Trinajstić information content (AvgIpc) is 2.20. The molecule has 0 aliphatic carbocycles. The predicted molar refractivity (Wildman–Crippen MR) is 54.7 cm³/mol. The molecule has 0 amide bonds. The second-order valence-electron chi connectivity index (χ2n) is 2.84. The van der Waals surface area contributed by atoms with E-state index >= 15 is 0 Å². The van der Waals surface area contributed by atoms with Gasteiger partial charge in [-0.3, -0.25) is 4.39 Å². The van der Waals surface area contributed by atoms with Gasteiger partial charge in [0.2, 0.25) is 0 Å². The van der Waals surface area contributed by atoms with Crippen molar-refractivity contribution in [3.8, 4) is 0 Å². The van der Waals surface area contributed by atoms with E-state index in [2.05, 4.69) is 0 Å². The highest BCUT2D eigenvalue weighted by Crippen LogP contribution is 2.23. The number of rotatable bonds is 5. The van der Waals surface area contributed by atoms with Gasteiger partial charge in [-0.2, -0.15) is 0 Å². The fourth-order valence-electron chi connectivity index (χ4n) is 0.984. The van der Waals surface area contributed by atoms with Crippen molar-refractivity contribution in [3.05, 3.63) is 29.6 Å². The first kappa shape index (κ1) is 12.0. The first-order valence-corrected chi connectivity index (χ1v) is 5.35. The molecule has 82 valence electrons. The fraction of sp³-hybridized carbons (Fsp3) is 0.300. The van der Waals surface area contributed by atoms with Crippen LogP contribution in [0.2, 0.25) is 0 Å². The molecule has 5 heteroatoms. The molecule has 0 bridgehead atoms. The van der Waals surface area contributed by atoms with E-state index in [0.29, 0.717) is 12.2 Å². The fourth-order valence-corrected chi connectivity index (χ4v) is 1.87. The summed E-state index contributed by atoms with van der Waals surface area (Å²) in [5.41, 5.74) is 0.0409. The Morgan fingerprint density at radius 2 is 2.20 bits per heavy atom. The van der Waals surface area contributed by atoms with Crippen molar-refractivity contribution < 1.29 is 18.7 Å². The van der Waals surface area contributed by atoms with E-state index in [-0.39, 0.29) is 10.5 Å². The first-order valence-electron chi connectivity index (χ1n) is 4.36. The number of benzene rings is 1. The SMILES string of the molecule is O=C(O)c1ccc(F)c(SCCCF)c1. The largest absolute Gasteiger partial charge is 0.478 e. The minimum Gasteiger partial charge on any atom is -0.478 e. The van der Waals surface area contributed by atoms with E-state index in [1.165, 1.54) is 12.1 Å². The molecule has 0 spiro atoms. The lowest BCUT2D eigenvalue weighted by Gasteiger charge is -2.03. The molecule has 0 unspecified atom stereocenters. The molecule has 15 heavy (non-hydrogen) atoms. The van der Waals surface area contributed by atoms with E-state index in [9.17, 15) is 13.6 Å². The van der Waals surface area contributed by atoms with Crippen LogP contribution in [0.15, 0.2) is 23.1 Å². The van der Waals surface area contributed by atoms with Gasteiger partial charge in [-0.25, -0.2) is 9.18 Å². The van der Waals surface area contributed by atoms with E-state index in [0.717, 1.165) is 17.8 Å². The summed E-state index contributed by atoms with van der Waals surface area (Å²) in [4.78, 5) is 10.9. The summed E-state index contributed by atoms with van der Waals surface area (Å²) in [6.45, 7) is -0.451. The number of alkyl halides is 1. The summed E-state index contributed by atoms with van der Waals surface area (Å²) in [6, 6.07) is 3.58. The van der Waals surface area contributed by atoms with Crippen LogP contribution in [0.25, 0.3) is 0 Å². The van der Waals surface area contributed by atoms with Crippen LogP contribution in [0, 0.1) is 5.82 Å². The standard InChI is InChI=1S/C10H10F2O2S/c11-4-1-5-15-9-6-7(10(13)14)2-3-8(9)12/h2-3,6H,1,4-5H2,(H,13,14). The van der Waals surface area contributed by atoms with E-state index in [4.69, 9.17) is 5.11 Å². The molecular weight excluding hydrogens is 222 g/mol. The number of halogens is 2. The van der Waals surface area contributed by atoms with Crippen LogP contribution < -0.4 is 0 Å². The third kappa shape index (κ3) is 3.51. The van der Waals surface area contributed by atoms with Gasteiger partial charge in [0.25, 0.3) is 0 Å². The zero-order valence-corrected chi connectivity index (χ0v) is 8.69. The Morgan fingerprint density at radius 1 is 1.47 bits per heavy atom. The predicted octanol–water partition coefficient (Wildman–Crippen LogP) is 2.98. The van der Waals surface area contributed by atoms with Crippen molar-refractivity contribution in [2.24, 2.45) is 0 Å². The normalized spacial score (nSPS) is 10.3. The number of carboxylic acid groups (broad SMARTS) is 1. The molecule has 0 saturated heterocycles. The lowest BCUT2D eigenvalue weighted by molar-refractivity contribution is 0.0696. The molecular formula is C10H10F2O2S. The maximum Gasteiger partial charge on any atom is 0.335 e. The zero-order valence-electron chi connectivity index (χ0n) is 7.87. The Balaban J connectivity index is 2.76. The van der Waals surface area contributed by atoms with Crippen LogP contribution in [-0.2, 0) is 0 Å². The second-order valence-corrected chi connectivity index (χ2v) is 3.98. The van der Waals surface area contributed by atoms with Gasteiger partial charge in [-0.05, 0) is 24.6 Å². The van der Waals surface area contributed by atoms with Crippen molar-refractivity contribution >= 4 is 17.7 Å².